The monoisotopic (exact) mass is 284 g/mol. The number of hydrogen-bond donors (Lipinski definition) is 2. The van der Waals surface area contributed by atoms with E-state index in [0.717, 1.165) is 16.0 Å². The first-order chi connectivity index (χ1) is 9.01. The lowest BCUT2D eigenvalue weighted by atomic mass is 10.3. The lowest BCUT2D eigenvalue weighted by Crippen LogP contribution is -2.11. The summed E-state index contributed by atoms with van der Waals surface area (Å²) in [6, 6.07) is 0.608. The fourth-order valence-electron chi connectivity index (χ4n) is 1.58. The Morgan fingerprint density at radius 2 is 1.95 bits per heavy atom. The Bertz CT molecular complexity index is 585. The number of halogens is 2. The fourth-order valence-corrected chi connectivity index (χ4v) is 2.36. The van der Waals surface area contributed by atoms with Crippen molar-refractivity contribution in [3.05, 3.63) is 33.8 Å². The van der Waals surface area contributed by atoms with Gasteiger partial charge in [-0.15, -0.1) is 11.3 Å². The Balaban J connectivity index is 2.23. The molecular formula is C12H14F2N4S. The fraction of sp³-hybridized carbons (Fsp3) is 0.333. The number of aromatic nitrogens is 2. The number of aryl methyl sites for hydroxylation is 1. The van der Waals surface area contributed by atoms with Gasteiger partial charge in [0.1, 0.15) is 5.01 Å². The molecular weight excluding hydrogens is 270 g/mol. The molecule has 7 heteroatoms. The molecule has 0 radical (unpaired) electrons. The van der Waals surface area contributed by atoms with Crippen LogP contribution in [0, 0.1) is 18.6 Å². The third kappa shape index (κ3) is 2.98. The van der Waals surface area contributed by atoms with Gasteiger partial charge in [-0.3, -0.25) is 0 Å². The quantitative estimate of drug-likeness (QED) is 0.904. The van der Waals surface area contributed by atoms with E-state index >= 15 is 0 Å². The molecule has 2 aromatic heterocycles. The zero-order valence-electron chi connectivity index (χ0n) is 10.8. The number of nitrogens with one attached hydrogen (secondary N) is 2. The van der Waals surface area contributed by atoms with Gasteiger partial charge < -0.3 is 10.6 Å². The topological polar surface area (TPSA) is 49.8 Å². The van der Waals surface area contributed by atoms with Crippen LogP contribution >= 0.6 is 11.3 Å². The number of anilines is 2. The molecule has 0 saturated heterocycles. The standard InChI is InChI=1S/C12H14F2N4S/c1-6-5-16-12(19-6)7(2)17-11-9(14)4-8(13)10(15-3)18-11/h4-5,7H,1-3H3,(H2,15,17,18). The van der Waals surface area contributed by atoms with Crippen LogP contribution in [0.4, 0.5) is 20.4 Å². The van der Waals surface area contributed by atoms with Crippen molar-refractivity contribution in [3.8, 4) is 0 Å². The maximum Gasteiger partial charge on any atom is 0.168 e. The molecule has 0 aromatic carbocycles. The first-order valence-corrected chi connectivity index (χ1v) is 6.55. The van der Waals surface area contributed by atoms with Gasteiger partial charge in [0, 0.05) is 24.2 Å². The Labute approximate surface area is 113 Å². The zero-order chi connectivity index (χ0) is 14.0. The molecule has 0 fully saturated rings. The highest BCUT2D eigenvalue weighted by Crippen LogP contribution is 2.25. The average molecular weight is 284 g/mol. The van der Waals surface area contributed by atoms with Gasteiger partial charge in [-0.25, -0.2) is 18.7 Å². The van der Waals surface area contributed by atoms with Crippen LogP contribution in [0.15, 0.2) is 12.3 Å². The van der Waals surface area contributed by atoms with Crippen molar-refractivity contribution in [1.82, 2.24) is 9.97 Å². The number of pyridine rings is 1. The van der Waals surface area contributed by atoms with Crippen LogP contribution in [0.2, 0.25) is 0 Å². The minimum Gasteiger partial charge on any atom is -0.371 e. The van der Waals surface area contributed by atoms with Crippen molar-refractivity contribution >= 4 is 23.0 Å². The van der Waals surface area contributed by atoms with Crippen molar-refractivity contribution in [3.63, 3.8) is 0 Å². The Kier molecular flexibility index (Phi) is 3.94. The highest BCUT2D eigenvalue weighted by Gasteiger charge is 2.15. The van der Waals surface area contributed by atoms with Gasteiger partial charge in [-0.05, 0) is 13.8 Å². The van der Waals surface area contributed by atoms with Crippen molar-refractivity contribution in [2.75, 3.05) is 17.7 Å². The molecule has 102 valence electrons. The van der Waals surface area contributed by atoms with E-state index in [1.165, 1.54) is 18.4 Å². The maximum atomic E-state index is 13.6. The number of nitrogens with zero attached hydrogens (tertiary/aromatic N) is 2. The molecule has 2 N–H and O–H groups in total. The first-order valence-electron chi connectivity index (χ1n) is 5.74. The largest absolute Gasteiger partial charge is 0.371 e. The molecule has 0 aliphatic heterocycles. The number of thiazole rings is 1. The normalized spacial score (nSPS) is 12.3. The maximum absolute atomic E-state index is 13.6. The van der Waals surface area contributed by atoms with Gasteiger partial charge in [0.25, 0.3) is 0 Å². The Morgan fingerprint density at radius 3 is 2.53 bits per heavy atom. The summed E-state index contributed by atoms with van der Waals surface area (Å²) in [5, 5.41) is 6.30. The second-order valence-corrected chi connectivity index (χ2v) is 5.34. The van der Waals surface area contributed by atoms with E-state index in [9.17, 15) is 8.78 Å². The van der Waals surface area contributed by atoms with Crippen LogP contribution in [0.1, 0.15) is 22.9 Å². The molecule has 1 atom stereocenters. The predicted molar refractivity (Wildman–Crippen MR) is 72.6 cm³/mol. The number of rotatable bonds is 4. The van der Waals surface area contributed by atoms with Gasteiger partial charge in [0.2, 0.25) is 0 Å². The molecule has 2 heterocycles. The first kappa shape index (κ1) is 13.7. The molecule has 0 spiro atoms. The molecule has 0 aliphatic rings. The Hall–Kier alpha value is -1.76. The molecule has 0 saturated carbocycles. The van der Waals surface area contributed by atoms with Crippen molar-refractivity contribution in [1.29, 1.82) is 0 Å². The van der Waals surface area contributed by atoms with Crippen LogP contribution in [0.25, 0.3) is 0 Å². The van der Waals surface area contributed by atoms with Gasteiger partial charge >= 0.3 is 0 Å². The molecule has 0 amide bonds. The minimum absolute atomic E-state index is 0.00565. The van der Waals surface area contributed by atoms with Crippen LogP contribution < -0.4 is 10.6 Å². The highest BCUT2D eigenvalue weighted by atomic mass is 32.1. The lowest BCUT2D eigenvalue weighted by molar-refractivity contribution is 0.577. The van der Waals surface area contributed by atoms with E-state index in [1.807, 2.05) is 13.8 Å². The van der Waals surface area contributed by atoms with Gasteiger partial charge in [0.15, 0.2) is 23.3 Å². The minimum atomic E-state index is -0.725. The molecule has 0 bridgehead atoms. The second kappa shape index (κ2) is 5.48. The van der Waals surface area contributed by atoms with E-state index in [4.69, 9.17) is 0 Å². The van der Waals surface area contributed by atoms with E-state index < -0.39 is 11.6 Å². The third-order valence-corrected chi connectivity index (χ3v) is 3.62. The summed E-state index contributed by atoms with van der Waals surface area (Å²) >= 11 is 1.52. The highest BCUT2D eigenvalue weighted by molar-refractivity contribution is 7.11. The molecule has 2 rings (SSSR count). The zero-order valence-corrected chi connectivity index (χ0v) is 11.6. The van der Waals surface area contributed by atoms with Crippen molar-refractivity contribution in [2.45, 2.75) is 19.9 Å². The molecule has 2 aromatic rings. The summed E-state index contributed by atoms with van der Waals surface area (Å²) in [5.41, 5.74) is 0. The Morgan fingerprint density at radius 1 is 1.26 bits per heavy atom. The van der Waals surface area contributed by atoms with Gasteiger partial charge in [0.05, 0.1) is 6.04 Å². The lowest BCUT2D eigenvalue weighted by Gasteiger charge is -2.13. The summed E-state index contributed by atoms with van der Waals surface area (Å²) in [4.78, 5) is 9.16. The van der Waals surface area contributed by atoms with Crippen molar-refractivity contribution < 1.29 is 8.78 Å². The van der Waals surface area contributed by atoms with Crippen LogP contribution in [-0.2, 0) is 0 Å². The summed E-state index contributed by atoms with van der Waals surface area (Å²) in [7, 11) is 1.53. The van der Waals surface area contributed by atoms with E-state index in [-0.39, 0.29) is 17.7 Å². The van der Waals surface area contributed by atoms with Crippen molar-refractivity contribution in [2.24, 2.45) is 0 Å². The second-order valence-electron chi connectivity index (χ2n) is 4.07. The van der Waals surface area contributed by atoms with E-state index in [2.05, 4.69) is 20.6 Å². The van der Waals surface area contributed by atoms with Crippen LogP contribution in [0.3, 0.4) is 0 Å². The third-order valence-electron chi connectivity index (χ3n) is 2.53. The predicted octanol–water partition coefficient (Wildman–Crippen LogP) is 3.34. The average Bonchev–Trinajstić information content (AvgIpc) is 2.79. The molecule has 4 nitrogen and oxygen atoms in total. The molecule has 0 aliphatic carbocycles. The van der Waals surface area contributed by atoms with E-state index in [1.54, 1.807) is 6.20 Å². The summed E-state index contributed by atoms with van der Waals surface area (Å²) in [6.45, 7) is 3.80. The molecule has 19 heavy (non-hydrogen) atoms. The number of hydrogen-bond acceptors (Lipinski definition) is 5. The summed E-state index contributed by atoms with van der Waals surface area (Å²) < 4.78 is 26.9. The van der Waals surface area contributed by atoms with Gasteiger partial charge in [-0.1, -0.05) is 0 Å². The SMILES string of the molecule is CNc1nc(NC(C)c2ncc(C)s2)c(F)cc1F. The van der Waals surface area contributed by atoms with Gasteiger partial charge in [-0.2, -0.15) is 0 Å². The summed E-state index contributed by atoms with van der Waals surface area (Å²) in [6.07, 6.45) is 1.76. The van der Waals surface area contributed by atoms with E-state index in [0.29, 0.717) is 0 Å². The van der Waals surface area contributed by atoms with Crippen LogP contribution in [0.5, 0.6) is 0 Å². The van der Waals surface area contributed by atoms with Crippen LogP contribution in [-0.4, -0.2) is 17.0 Å². The molecule has 1 unspecified atom stereocenters. The smallest absolute Gasteiger partial charge is 0.168 e. The summed E-state index contributed by atoms with van der Waals surface area (Å²) in [5.74, 6) is -1.43.